The van der Waals surface area contributed by atoms with Crippen LogP contribution in [0.4, 0.5) is 4.39 Å². The molecule has 1 atom stereocenters. The number of amides is 1. The van der Waals surface area contributed by atoms with Gasteiger partial charge >= 0.3 is 0 Å². The average molecular weight is 425 g/mol. The highest BCUT2D eigenvalue weighted by Crippen LogP contribution is 2.20. The van der Waals surface area contributed by atoms with Gasteiger partial charge in [-0.2, -0.15) is 5.10 Å². The van der Waals surface area contributed by atoms with Crippen LogP contribution in [0.2, 0.25) is 0 Å². The van der Waals surface area contributed by atoms with Gasteiger partial charge in [0, 0.05) is 12.1 Å². The number of halogens is 2. The van der Waals surface area contributed by atoms with Gasteiger partial charge in [0.05, 0.1) is 22.8 Å². The van der Waals surface area contributed by atoms with Crippen molar-refractivity contribution in [2.24, 2.45) is 0 Å². The molecule has 0 aliphatic carbocycles. The van der Waals surface area contributed by atoms with Crippen LogP contribution in [0.25, 0.3) is 0 Å². The summed E-state index contributed by atoms with van der Waals surface area (Å²) in [4.78, 5) is 14.5. The second-order valence-corrected chi connectivity index (χ2v) is 7.51. The van der Waals surface area contributed by atoms with E-state index in [1.807, 2.05) is 32.6 Å². The molecule has 0 aliphatic heterocycles. The molecule has 0 spiro atoms. The van der Waals surface area contributed by atoms with E-state index in [0.29, 0.717) is 13.0 Å². The van der Waals surface area contributed by atoms with Gasteiger partial charge in [-0.25, -0.2) is 4.39 Å². The Labute approximate surface area is 162 Å². The van der Waals surface area contributed by atoms with Crippen molar-refractivity contribution in [1.82, 2.24) is 20.0 Å². The minimum absolute atomic E-state index is 0.0400. The van der Waals surface area contributed by atoms with E-state index in [9.17, 15) is 9.18 Å². The fraction of sp³-hybridized carbons (Fsp3) is 0.474. The fourth-order valence-electron chi connectivity index (χ4n) is 2.77. The molecule has 2 aromatic rings. The average Bonchev–Trinajstić information content (AvgIpc) is 2.84. The fourth-order valence-corrected chi connectivity index (χ4v) is 3.06. The third-order valence-electron chi connectivity index (χ3n) is 4.32. The molecule has 5 nitrogen and oxygen atoms in total. The van der Waals surface area contributed by atoms with Crippen molar-refractivity contribution in [3.8, 4) is 0 Å². The number of benzene rings is 1. The minimum atomic E-state index is -0.276. The van der Waals surface area contributed by atoms with E-state index < -0.39 is 0 Å². The van der Waals surface area contributed by atoms with E-state index in [2.05, 4.69) is 31.2 Å². The Kier molecular flexibility index (Phi) is 7.34. The highest BCUT2D eigenvalue weighted by Gasteiger charge is 2.16. The first-order chi connectivity index (χ1) is 12.3. The molecule has 7 heteroatoms. The molecule has 1 unspecified atom stereocenters. The number of aryl methyl sites for hydroxylation is 2. The molecule has 1 aromatic carbocycles. The third-order valence-corrected chi connectivity index (χ3v) is 5.46. The van der Waals surface area contributed by atoms with Gasteiger partial charge < -0.3 is 10.2 Å². The molecule has 0 radical (unpaired) electrons. The van der Waals surface area contributed by atoms with Crippen molar-refractivity contribution >= 4 is 21.8 Å². The van der Waals surface area contributed by atoms with E-state index in [-0.39, 0.29) is 17.8 Å². The molecule has 2 rings (SSSR count). The molecule has 0 saturated carbocycles. The van der Waals surface area contributed by atoms with Gasteiger partial charge in [-0.1, -0.05) is 12.1 Å². The van der Waals surface area contributed by atoms with Crippen LogP contribution < -0.4 is 5.32 Å². The molecule has 0 fully saturated rings. The van der Waals surface area contributed by atoms with E-state index in [0.717, 1.165) is 34.4 Å². The summed E-state index contributed by atoms with van der Waals surface area (Å²) in [5.41, 5.74) is 2.84. The Bertz CT molecular complexity index is 743. The maximum atomic E-state index is 13.2. The maximum absolute atomic E-state index is 13.2. The van der Waals surface area contributed by atoms with Gasteiger partial charge in [0.15, 0.2) is 0 Å². The van der Waals surface area contributed by atoms with Crippen molar-refractivity contribution < 1.29 is 9.18 Å². The number of nitrogens with one attached hydrogen (secondary N) is 1. The largest absolute Gasteiger partial charge is 0.349 e. The first kappa shape index (κ1) is 20.6. The second kappa shape index (κ2) is 9.28. The molecular weight excluding hydrogens is 399 g/mol. The molecule has 1 heterocycles. The van der Waals surface area contributed by atoms with Gasteiger partial charge in [-0.3, -0.25) is 9.48 Å². The summed E-state index contributed by atoms with van der Waals surface area (Å²) in [7, 11) is 3.98. The lowest BCUT2D eigenvalue weighted by atomic mass is 10.0. The van der Waals surface area contributed by atoms with Crippen molar-refractivity contribution in [3.63, 3.8) is 0 Å². The standard InChI is InChI=1S/C19H26BrFN4O/c1-13-19(20)14(2)25(23-13)12-10-18(26)22-17(9-11-24(3)4)15-5-7-16(21)8-6-15/h5-8,17H,9-12H2,1-4H3,(H,22,26). The molecule has 1 aromatic heterocycles. The summed E-state index contributed by atoms with van der Waals surface area (Å²) in [6.07, 6.45) is 1.10. The number of rotatable bonds is 8. The Hall–Kier alpha value is -1.73. The molecule has 26 heavy (non-hydrogen) atoms. The third kappa shape index (κ3) is 5.64. The number of carbonyl (C=O) groups is 1. The van der Waals surface area contributed by atoms with Crippen molar-refractivity contribution in [1.29, 1.82) is 0 Å². The monoisotopic (exact) mass is 424 g/mol. The number of hydrogen-bond donors (Lipinski definition) is 1. The van der Waals surface area contributed by atoms with Crippen molar-refractivity contribution in [3.05, 3.63) is 51.5 Å². The summed E-state index contributed by atoms with van der Waals surface area (Å²) < 4.78 is 16.0. The number of nitrogens with zero attached hydrogens (tertiary/aromatic N) is 3. The SMILES string of the molecule is Cc1nn(CCC(=O)NC(CCN(C)C)c2ccc(F)cc2)c(C)c1Br. The number of hydrogen-bond acceptors (Lipinski definition) is 3. The molecule has 1 amide bonds. The van der Waals surface area contributed by atoms with Crippen molar-refractivity contribution in [2.45, 2.75) is 39.3 Å². The molecule has 0 bridgehead atoms. The maximum Gasteiger partial charge on any atom is 0.222 e. The first-order valence-electron chi connectivity index (χ1n) is 8.67. The zero-order valence-electron chi connectivity index (χ0n) is 15.7. The summed E-state index contributed by atoms with van der Waals surface area (Å²) in [5.74, 6) is -0.316. The van der Waals surface area contributed by atoms with Crippen LogP contribution in [0, 0.1) is 19.7 Å². The van der Waals surface area contributed by atoms with E-state index in [1.165, 1.54) is 12.1 Å². The van der Waals surface area contributed by atoms with Crippen LogP contribution in [0.5, 0.6) is 0 Å². The topological polar surface area (TPSA) is 50.2 Å². The lowest BCUT2D eigenvalue weighted by Crippen LogP contribution is -2.31. The molecule has 0 saturated heterocycles. The van der Waals surface area contributed by atoms with Gasteiger partial charge in [0.25, 0.3) is 0 Å². The van der Waals surface area contributed by atoms with Crippen LogP contribution in [0.3, 0.4) is 0 Å². The highest BCUT2D eigenvalue weighted by atomic mass is 79.9. The Morgan fingerprint density at radius 1 is 1.31 bits per heavy atom. The Morgan fingerprint density at radius 2 is 1.96 bits per heavy atom. The van der Waals surface area contributed by atoms with E-state index >= 15 is 0 Å². The molecule has 142 valence electrons. The summed E-state index contributed by atoms with van der Waals surface area (Å²) in [5, 5.41) is 7.51. The number of aromatic nitrogens is 2. The van der Waals surface area contributed by atoms with Crippen LogP contribution >= 0.6 is 15.9 Å². The van der Waals surface area contributed by atoms with Crippen molar-refractivity contribution in [2.75, 3.05) is 20.6 Å². The predicted octanol–water partition coefficient (Wildman–Crippen LogP) is 3.60. The lowest BCUT2D eigenvalue weighted by Gasteiger charge is -2.21. The Morgan fingerprint density at radius 3 is 2.50 bits per heavy atom. The number of carbonyl (C=O) groups excluding carboxylic acids is 1. The van der Waals surface area contributed by atoms with Gasteiger partial charge in [-0.05, 0) is 74.5 Å². The highest BCUT2D eigenvalue weighted by molar-refractivity contribution is 9.10. The van der Waals surface area contributed by atoms with Gasteiger partial charge in [0.1, 0.15) is 5.82 Å². The van der Waals surface area contributed by atoms with Gasteiger partial charge in [0.2, 0.25) is 5.91 Å². The molecular formula is C19H26BrFN4O. The summed E-state index contributed by atoms with van der Waals surface area (Å²) in [6.45, 7) is 5.25. The summed E-state index contributed by atoms with van der Waals surface area (Å²) in [6, 6.07) is 6.18. The zero-order valence-corrected chi connectivity index (χ0v) is 17.3. The molecule has 0 aliphatic rings. The normalized spacial score (nSPS) is 12.4. The summed E-state index contributed by atoms with van der Waals surface area (Å²) >= 11 is 3.50. The quantitative estimate of drug-likeness (QED) is 0.703. The van der Waals surface area contributed by atoms with Crippen LogP contribution in [0.1, 0.15) is 35.8 Å². The smallest absolute Gasteiger partial charge is 0.222 e. The lowest BCUT2D eigenvalue weighted by molar-refractivity contribution is -0.122. The molecule has 1 N–H and O–H groups in total. The van der Waals surface area contributed by atoms with E-state index in [4.69, 9.17) is 0 Å². The van der Waals surface area contributed by atoms with Crippen LogP contribution in [0.15, 0.2) is 28.7 Å². The Balaban J connectivity index is 2.00. The van der Waals surface area contributed by atoms with E-state index in [1.54, 1.807) is 12.1 Å². The first-order valence-corrected chi connectivity index (χ1v) is 9.46. The van der Waals surface area contributed by atoms with Crippen LogP contribution in [-0.2, 0) is 11.3 Å². The van der Waals surface area contributed by atoms with Crippen LogP contribution in [-0.4, -0.2) is 41.2 Å². The minimum Gasteiger partial charge on any atom is -0.349 e. The predicted molar refractivity (Wildman–Crippen MR) is 104 cm³/mol. The zero-order chi connectivity index (χ0) is 19.3. The van der Waals surface area contributed by atoms with Gasteiger partial charge in [-0.15, -0.1) is 0 Å². The second-order valence-electron chi connectivity index (χ2n) is 6.72.